The van der Waals surface area contributed by atoms with E-state index >= 15 is 13.2 Å². The average molecular weight is 901 g/mol. The number of nitrogens with zero attached hydrogens (tertiary/aromatic N) is 7. The van der Waals surface area contributed by atoms with Gasteiger partial charge in [-0.1, -0.05) is 25.4 Å². The monoisotopic (exact) mass is 900 g/mol. The van der Waals surface area contributed by atoms with Gasteiger partial charge in [-0.2, -0.15) is 10.1 Å². The number of hydrogen-bond acceptors (Lipinski definition) is 11. The van der Waals surface area contributed by atoms with Crippen molar-refractivity contribution in [3.05, 3.63) is 69.0 Å². The molecule has 3 saturated heterocycles. The number of fused-ring (bicyclic) bond motifs is 4. The Morgan fingerprint density at radius 1 is 0.969 bits per heavy atom. The molecule has 2 amide bonds. The third-order valence-corrected chi connectivity index (χ3v) is 14.7. The minimum Gasteiger partial charge on any atom is -0.480 e. The summed E-state index contributed by atoms with van der Waals surface area (Å²) in [5, 5.41) is 14.8. The predicted molar refractivity (Wildman–Crippen MR) is 238 cm³/mol. The van der Waals surface area contributed by atoms with Crippen molar-refractivity contribution in [1.82, 2.24) is 34.5 Å². The number of ether oxygens (including phenoxy) is 1. The molecule has 3 unspecified atom stereocenters. The zero-order valence-corrected chi connectivity index (χ0v) is 37.1. The number of pyridine rings is 1. The number of carbonyl (C=O) groups excluding carboxylic acids is 2. The maximum Gasteiger partial charge on any atom is 0.301 e. The van der Waals surface area contributed by atoms with Gasteiger partial charge in [0.15, 0.2) is 12.4 Å². The van der Waals surface area contributed by atoms with Gasteiger partial charge in [-0.3, -0.25) is 24.4 Å². The molecule has 5 aromatic rings. The second kappa shape index (κ2) is 15.9. The molecule has 3 aromatic heterocycles. The summed E-state index contributed by atoms with van der Waals surface area (Å²) < 4.78 is 54.9. The molecule has 14 nitrogen and oxygen atoms in total. The van der Waals surface area contributed by atoms with Gasteiger partial charge in [-0.15, -0.1) is 0 Å². The van der Waals surface area contributed by atoms with Crippen LogP contribution in [0.25, 0.3) is 21.8 Å². The van der Waals surface area contributed by atoms with Crippen molar-refractivity contribution in [2.75, 3.05) is 54.9 Å². The first-order chi connectivity index (χ1) is 30.5. The van der Waals surface area contributed by atoms with Crippen LogP contribution in [-0.2, 0) is 23.7 Å². The molecular formula is C46H52ClF3N10O4. The summed E-state index contributed by atoms with van der Waals surface area (Å²) in [5.41, 5.74) is 2.83. The van der Waals surface area contributed by atoms with Crippen LogP contribution >= 0.6 is 11.6 Å². The van der Waals surface area contributed by atoms with E-state index in [1.807, 2.05) is 13.1 Å². The standard InChI is InChI=1S/C46H52ClF3N10O4/c1-45(2)22-60(16-13-26(45)21-59-14-11-24(12-15-59)29-19-35-31(18-33(29)48)37(56-58(35)4)28-8-10-36(61)53-42(28)62)44-51-20-32(47)41(55-44)52-27-7-9-34-30(17-27)38-39(43(63)57(34)3)64-23-46(49,50)40(54-38)25-5-6-25/h7,9,17-20,24-26,28,40,54H,5-6,8,10-16,21-23H2,1-4H3,(H,51,52,55)(H,53,61,62). The van der Waals surface area contributed by atoms with Gasteiger partial charge >= 0.3 is 5.92 Å². The molecule has 64 heavy (non-hydrogen) atoms. The van der Waals surface area contributed by atoms with Crippen LogP contribution < -0.4 is 31.1 Å². The van der Waals surface area contributed by atoms with Gasteiger partial charge in [-0.05, 0) is 111 Å². The highest BCUT2D eigenvalue weighted by Crippen LogP contribution is 2.46. The zero-order valence-electron chi connectivity index (χ0n) is 36.3. The van der Waals surface area contributed by atoms with E-state index in [-0.39, 0.29) is 52.7 Å². The van der Waals surface area contributed by atoms with E-state index in [1.165, 1.54) is 10.6 Å². The van der Waals surface area contributed by atoms with Gasteiger partial charge in [-0.25, -0.2) is 18.2 Å². The van der Waals surface area contributed by atoms with Crippen molar-refractivity contribution in [3.8, 4) is 5.75 Å². The number of benzene rings is 2. The number of imide groups is 1. The highest BCUT2D eigenvalue weighted by molar-refractivity contribution is 6.33. The fourth-order valence-corrected chi connectivity index (χ4v) is 10.7. The van der Waals surface area contributed by atoms with E-state index in [2.05, 4.69) is 49.7 Å². The minimum atomic E-state index is -3.14. The number of carbonyl (C=O) groups is 2. The molecule has 0 bridgehead atoms. The quantitative estimate of drug-likeness (QED) is 0.136. The Hall–Kier alpha value is -5.42. The van der Waals surface area contributed by atoms with E-state index < -0.39 is 30.0 Å². The van der Waals surface area contributed by atoms with E-state index in [0.717, 1.165) is 57.5 Å². The summed E-state index contributed by atoms with van der Waals surface area (Å²) >= 11 is 6.68. The van der Waals surface area contributed by atoms with E-state index in [1.54, 1.807) is 36.1 Å². The van der Waals surface area contributed by atoms with E-state index in [4.69, 9.17) is 21.3 Å². The number of hydrogen-bond donors (Lipinski definition) is 3. The van der Waals surface area contributed by atoms with Gasteiger partial charge in [0.05, 0.1) is 40.6 Å². The first-order valence-corrected chi connectivity index (χ1v) is 22.6. The molecule has 0 radical (unpaired) electrons. The van der Waals surface area contributed by atoms with Crippen molar-refractivity contribution in [2.45, 2.75) is 82.6 Å². The lowest BCUT2D eigenvalue weighted by Gasteiger charge is -2.46. The number of amides is 2. The van der Waals surface area contributed by atoms with Crippen LogP contribution in [0.15, 0.2) is 41.3 Å². The Labute approximate surface area is 372 Å². The first kappa shape index (κ1) is 42.5. The Balaban J connectivity index is 0.797. The Morgan fingerprint density at radius 3 is 2.48 bits per heavy atom. The van der Waals surface area contributed by atoms with Crippen LogP contribution in [0.2, 0.25) is 5.02 Å². The van der Waals surface area contributed by atoms with Gasteiger partial charge in [0.1, 0.15) is 10.8 Å². The highest BCUT2D eigenvalue weighted by atomic mass is 35.5. The summed E-state index contributed by atoms with van der Waals surface area (Å²) in [4.78, 5) is 51.8. The molecule has 338 valence electrons. The molecule has 3 atom stereocenters. The fraction of sp³-hybridized carbons (Fsp3) is 0.522. The van der Waals surface area contributed by atoms with Crippen molar-refractivity contribution in [3.63, 3.8) is 0 Å². The number of nitrogens with one attached hydrogen (secondary N) is 3. The van der Waals surface area contributed by atoms with Gasteiger partial charge in [0, 0.05) is 56.6 Å². The number of halogens is 4. The molecule has 2 aromatic carbocycles. The number of anilines is 4. The SMILES string of the molecule is Cn1nc(C2CCC(=O)NC2=O)c2cc(F)c(C3CCN(CC4CCN(c5ncc(Cl)c(Nc6ccc7c(c6)c6c(c(=O)n7C)OCC(F)(F)C(C7CC7)N6)n5)CC4(C)C)CC3)cc21. The lowest BCUT2D eigenvalue weighted by molar-refractivity contribution is -0.134. The van der Waals surface area contributed by atoms with Crippen molar-refractivity contribution in [2.24, 2.45) is 31.3 Å². The molecule has 1 saturated carbocycles. The molecular weight excluding hydrogens is 849 g/mol. The molecule has 4 fully saturated rings. The molecule has 18 heteroatoms. The lowest BCUT2D eigenvalue weighted by atomic mass is 9.73. The molecule has 5 aliphatic rings. The van der Waals surface area contributed by atoms with Crippen molar-refractivity contribution in [1.29, 1.82) is 0 Å². The number of alkyl halides is 2. The Bertz CT molecular complexity index is 2770. The Kier molecular flexibility index (Phi) is 10.6. The zero-order chi connectivity index (χ0) is 44.8. The average Bonchev–Trinajstić information content (AvgIpc) is 4.06. The maximum absolute atomic E-state index is 15.9. The normalized spacial score (nSPS) is 23.9. The van der Waals surface area contributed by atoms with Gasteiger partial charge in [0.2, 0.25) is 23.5 Å². The summed E-state index contributed by atoms with van der Waals surface area (Å²) in [7, 11) is 3.41. The highest BCUT2D eigenvalue weighted by Gasteiger charge is 2.51. The summed E-state index contributed by atoms with van der Waals surface area (Å²) in [6, 6.07) is 7.64. The molecule has 7 heterocycles. The largest absolute Gasteiger partial charge is 0.480 e. The fourth-order valence-electron chi connectivity index (χ4n) is 10.5. The number of rotatable bonds is 8. The predicted octanol–water partition coefficient (Wildman–Crippen LogP) is 7.22. The minimum absolute atomic E-state index is 0.0610. The Morgan fingerprint density at radius 2 is 1.75 bits per heavy atom. The smallest absolute Gasteiger partial charge is 0.301 e. The van der Waals surface area contributed by atoms with Gasteiger partial charge < -0.3 is 29.7 Å². The van der Waals surface area contributed by atoms with Crippen LogP contribution in [0.1, 0.15) is 81.9 Å². The summed E-state index contributed by atoms with van der Waals surface area (Å²) in [6.07, 6.45) is 6.13. The number of aromatic nitrogens is 5. The number of piperidine rings is 3. The van der Waals surface area contributed by atoms with E-state index in [9.17, 15) is 14.4 Å². The van der Waals surface area contributed by atoms with Crippen LogP contribution in [0.3, 0.4) is 0 Å². The molecule has 0 spiro atoms. The van der Waals surface area contributed by atoms with Crippen molar-refractivity contribution < 1.29 is 27.5 Å². The summed E-state index contributed by atoms with van der Waals surface area (Å²) in [6.45, 7) is 7.79. The second-order valence-electron chi connectivity index (χ2n) is 19.2. The number of aryl methyl sites for hydroxylation is 2. The third kappa shape index (κ3) is 7.71. The van der Waals surface area contributed by atoms with E-state index in [0.29, 0.717) is 75.2 Å². The second-order valence-corrected chi connectivity index (χ2v) is 19.6. The number of likely N-dealkylation sites (tertiary alicyclic amines) is 1. The van der Waals surface area contributed by atoms with Gasteiger partial charge in [0.25, 0.3) is 5.56 Å². The maximum atomic E-state index is 15.9. The summed E-state index contributed by atoms with van der Waals surface area (Å²) in [5.74, 6) is -3.62. The third-order valence-electron chi connectivity index (χ3n) is 14.4. The molecule has 4 aliphatic heterocycles. The van der Waals surface area contributed by atoms with Crippen LogP contribution in [0.5, 0.6) is 5.75 Å². The van der Waals surface area contributed by atoms with Crippen LogP contribution in [0, 0.1) is 23.1 Å². The molecule has 3 N–H and O–H groups in total. The molecule has 10 rings (SSSR count). The van der Waals surface area contributed by atoms with Crippen LogP contribution in [-0.4, -0.2) is 92.3 Å². The van der Waals surface area contributed by atoms with Crippen molar-refractivity contribution >= 4 is 68.4 Å². The topological polar surface area (TPSA) is 152 Å². The lowest BCUT2D eigenvalue weighted by Crippen LogP contribution is -2.50. The van der Waals surface area contributed by atoms with Crippen LogP contribution in [0.4, 0.5) is 36.3 Å². The molecule has 1 aliphatic carbocycles. The first-order valence-electron chi connectivity index (χ1n) is 22.2.